The average molecular weight is 359 g/mol. The molecule has 25 heavy (non-hydrogen) atoms. The Morgan fingerprint density at radius 2 is 1.80 bits per heavy atom. The Bertz CT molecular complexity index is 730. The molecule has 0 fully saturated rings. The van der Waals surface area contributed by atoms with Crippen molar-refractivity contribution in [3.05, 3.63) is 54.1 Å². The molecule has 0 aliphatic rings. The van der Waals surface area contributed by atoms with Gasteiger partial charge >= 0.3 is 5.97 Å². The molecule has 1 N–H and O–H groups in total. The summed E-state index contributed by atoms with van der Waals surface area (Å²) in [5.74, 6) is 0.647. The zero-order valence-electron chi connectivity index (χ0n) is 14.4. The number of benzene rings is 2. The molecule has 0 saturated carbocycles. The summed E-state index contributed by atoms with van der Waals surface area (Å²) in [6.07, 6.45) is -0.908. The zero-order valence-corrected chi connectivity index (χ0v) is 15.3. The van der Waals surface area contributed by atoms with Crippen LogP contribution in [0.3, 0.4) is 0 Å². The summed E-state index contributed by atoms with van der Waals surface area (Å²) in [5.41, 5.74) is 1.08. The second-order valence-electron chi connectivity index (χ2n) is 5.19. The fourth-order valence-electron chi connectivity index (χ4n) is 2.11. The third-order valence-electron chi connectivity index (χ3n) is 3.42. The lowest BCUT2D eigenvalue weighted by molar-refractivity contribution is -0.123. The molecule has 0 bridgehead atoms. The number of ether oxygens (including phenoxy) is 2. The molecule has 0 unspecified atom stereocenters. The van der Waals surface area contributed by atoms with E-state index in [4.69, 9.17) is 9.47 Å². The predicted octanol–water partition coefficient (Wildman–Crippen LogP) is 3.99. The van der Waals surface area contributed by atoms with E-state index in [1.165, 1.54) is 0 Å². The summed E-state index contributed by atoms with van der Waals surface area (Å²) in [7, 11) is 1.57. The monoisotopic (exact) mass is 359 g/mol. The number of rotatable bonds is 7. The van der Waals surface area contributed by atoms with Gasteiger partial charge in [0, 0.05) is 10.6 Å². The zero-order chi connectivity index (χ0) is 18.2. The minimum absolute atomic E-state index is 0.390. The minimum Gasteiger partial charge on any atom is -0.497 e. The van der Waals surface area contributed by atoms with Gasteiger partial charge < -0.3 is 14.8 Å². The lowest BCUT2D eigenvalue weighted by Crippen LogP contribution is -2.30. The molecule has 1 amide bonds. The van der Waals surface area contributed by atoms with Gasteiger partial charge in [0.25, 0.3) is 5.91 Å². The smallest absolute Gasteiger partial charge is 0.340 e. The highest BCUT2D eigenvalue weighted by atomic mass is 32.2. The number of carbonyl (C=O) groups excluding carboxylic acids is 2. The third kappa shape index (κ3) is 5.26. The van der Waals surface area contributed by atoms with E-state index in [9.17, 15) is 9.59 Å². The molecule has 0 aliphatic heterocycles. The molecule has 0 spiro atoms. The molecule has 0 aliphatic carbocycles. The van der Waals surface area contributed by atoms with Gasteiger partial charge in [-0.3, -0.25) is 4.79 Å². The first-order valence-electron chi connectivity index (χ1n) is 7.93. The number of amides is 1. The van der Waals surface area contributed by atoms with E-state index in [1.807, 2.05) is 19.1 Å². The molecule has 2 aromatic rings. The maximum atomic E-state index is 12.4. The Labute approximate surface area is 151 Å². The van der Waals surface area contributed by atoms with E-state index in [2.05, 4.69) is 5.32 Å². The molecule has 1 atom stereocenters. The second kappa shape index (κ2) is 9.13. The van der Waals surface area contributed by atoms with Gasteiger partial charge in [-0.05, 0) is 49.1 Å². The van der Waals surface area contributed by atoms with Crippen molar-refractivity contribution in [3.8, 4) is 5.75 Å². The van der Waals surface area contributed by atoms with E-state index >= 15 is 0 Å². The Morgan fingerprint density at radius 3 is 2.44 bits per heavy atom. The summed E-state index contributed by atoms with van der Waals surface area (Å²) < 4.78 is 10.4. The van der Waals surface area contributed by atoms with E-state index in [0.717, 1.165) is 10.6 Å². The Morgan fingerprint density at radius 1 is 1.12 bits per heavy atom. The minimum atomic E-state index is -0.908. The molecule has 0 heterocycles. The van der Waals surface area contributed by atoms with Crippen LogP contribution >= 0.6 is 11.8 Å². The molecule has 0 radical (unpaired) electrons. The van der Waals surface area contributed by atoms with Crippen LogP contribution in [0, 0.1) is 0 Å². The van der Waals surface area contributed by atoms with Crippen LogP contribution in [0.5, 0.6) is 5.75 Å². The predicted molar refractivity (Wildman–Crippen MR) is 99.3 cm³/mol. The summed E-state index contributed by atoms with van der Waals surface area (Å²) in [5, 5.41) is 2.71. The van der Waals surface area contributed by atoms with Crippen molar-refractivity contribution in [2.24, 2.45) is 0 Å². The number of anilines is 1. The van der Waals surface area contributed by atoms with E-state index in [0.29, 0.717) is 17.0 Å². The molecule has 5 nitrogen and oxygen atoms in total. The molecule has 0 saturated heterocycles. The van der Waals surface area contributed by atoms with Gasteiger partial charge in [-0.1, -0.05) is 19.1 Å². The van der Waals surface area contributed by atoms with Crippen LogP contribution in [0.25, 0.3) is 0 Å². The molecule has 0 aromatic heterocycles. The van der Waals surface area contributed by atoms with Gasteiger partial charge in [0.2, 0.25) is 0 Å². The van der Waals surface area contributed by atoms with E-state index in [1.54, 1.807) is 62.2 Å². The van der Waals surface area contributed by atoms with Crippen molar-refractivity contribution in [1.82, 2.24) is 0 Å². The number of hydrogen-bond donors (Lipinski definition) is 1. The first kappa shape index (κ1) is 18.9. The normalized spacial score (nSPS) is 11.5. The number of esters is 1. The van der Waals surface area contributed by atoms with Crippen LogP contribution in [0.1, 0.15) is 24.2 Å². The van der Waals surface area contributed by atoms with Crippen molar-refractivity contribution in [1.29, 1.82) is 0 Å². The summed E-state index contributed by atoms with van der Waals surface area (Å²) in [4.78, 5) is 25.4. The Kier molecular flexibility index (Phi) is 6.89. The number of thioether (sulfide) groups is 1. The largest absolute Gasteiger partial charge is 0.497 e. The van der Waals surface area contributed by atoms with Gasteiger partial charge in [-0.15, -0.1) is 11.8 Å². The molecule has 2 aromatic carbocycles. The maximum Gasteiger partial charge on any atom is 0.340 e. The van der Waals surface area contributed by atoms with Crippen LogP contribution in [0.2, 0.25) is 0 Å². The highest BCUT2D eigenvalue weighted by molar-refractivity contribution is 7.99. The molecule has 2 rings (SSSR count). The standard InChI is InChI=1S/C19H21NO4S/c1-4-25-17-8-6-5-7-16(17)19(22)24-13(2)18(21)20-14-9-11-15(23-3)12-10-14/h5-13H,4H2,1-3H3,(H,20,21)/t13-/m0/s1. The lowest BCUT2D eigenvalue weighted by Gasteiger charge is -2.15. The highest BCUT2D eigenvalue weighted by Crippen LogP contribution is 2.23. The summed E-state index contributed by atoms with van der Waals surface area (Å²) in [6.45, 7) is 3.56. The van der Waals surface area contributed by atoms with Gasteiger partial charge in [0.05, 0.1) is 12.7 Å². The van der Waals surface area contributed by atoms with Crippen LogP contribution in [0.15, 0.2) is 53.4 Å². The van der Waals surface area contributed by atoms with Crippen LogP contribution in [-0.4, -0.2) is 30.8 Å². The van der Waals surface area contributed by atoms with Gasteiger partial charge in [0.15, 0.2) is 6.10 Å². The number of carbonyl (C=O) groups is 2. The van der Waals surface area contributed by atoms with Crippen LogP contribution in [-0.2, 0) is 9.53 Å². The highest BCUT2D eigenvalue weighted by Gasteiger charge is 2.20. The van der Waals surface area contributed by atoms with Crippen molar-refractivity contribution in [2.45, 2.75) is 24.8 Å². The van der Waals surface area contributed by atoms with Crippen molar-refractivity contribution in [3.63, 3.8) is 0 Å². The summed E-state index contributed by atoms with van der Waals surface area (Å²) in [6, 6.07) is 14.1. The van der Waals surface area contributed by atoms with E-state index in [-0.39, 0.29) is 5.91 Å². The van der Waals surface area contributed by atoms with Crippen molar-refractivity contribution in [2.75, 3.05) is 18.2 Å². The van der Waals surface area contributed by atoms with Crippen LogP contribution in [0.4, 0.5) is 5.69 Å². The van der Waals surface area contributed by atoms with Gasteiger partial charge in [-0.2, -0.15) is 0 Å². The number of nitrogens with one attached hydrogen (secondary N) is 1. The van der Waals surface area contributed by atoms with Crippen molar-refractivity contribution < 1.29 is 19.1 Å². The molecule has 6 heteroatoms. The van der Waals surface area contributed by atoms with Gasteiger partial charge in [-0.25, -0.2) is 4.79 Å². The maximum absolute atomic E-state index is 12.4. The molecular formula is C19H21NO4S. The molecule has 132 valence electrons. The SMILES string of the molecule is CCSc1ccccc1C(=O)O[C@@H](C)C(=O)Nc1ccc(OC)cc1. The quantitative estimate of drug-likeness (QED) is 0.598. The summed E-state index contributed by atoms with van der Waals surface area (Å²) >= 11 is 1.56. The molecular weight excluding hydrogens is 338 g/mol. The Balaban J connectivity index is 1.99. The fraction of sp³-hybridized carbons (Fsp3) is 0.263. The number of methoxy groups -OCH3 is 1. The average Bonchev–Trinajstić information content (AvgIpc) is 2.63. The first-order chi connectivity index (χ1) is 12.0. The lowest BCUT2D eigenvalue weighted by atomic mass is 10.2. The van der Waals surface area contributed by atoms with E-state index < -0.39 is 12.1 Å². The second-order valence-corrected chi connectivity index (χ2v) is 6.50. The topological polar surface area (TPSA) is 64.6 Å². The third-order valence-corrected chi connectivity index (χ3v) is 4.37. The first-order valence-corrected chi connectivity index (χ1v) is 8.91. The number of hydrogen-bond acceptors (Lipinski definition) is 5. The van der Waals surface area contributed by atoms with Gasteiger partial charge in [0.1, 0.15) is 5.75 Å². The fourth-order valence-corrected chi connectivity index (χ4v) is 2.91. The van der Waals surface area contributed by atoms with Crippen LogP contribution < -0.4 is 10.1 Å². The van der Waals surface area contributed by atoms with Crippen molar-refractivity contribution >= 4 is 29.3 Å². The Hall–Kier alpha value is -2.47.